The molecule has 12 heteroatoms. The van der Waals surface area contributed by atoms with Gasteiger partial charge in [0.15, 0.2) is 11.6 Å². The highest BCUT2D eigenvalue weighted by molar-refractivity contribution is 7.91. The lowest BCUT2D eigenvalue weighted by molar-refractivity contribution is -0.147. The first kappa shape index (κ1) is 43.7. The number of ketones is 2. The minimum absolute atomic E-state index is 0.0173. The van der Waals surface area contributed by atoms with Gasteiger partial charge in [-0.25, -0.2) is 8.42 Å². The van der Waals surface area contributed by atoms with E-state index >= 15 is 4.79 Å². The van der Waals surface area contributed by atoms with Crippen molar-refractivity contribution in [3.05, 3.63) is 0 Å². The third-order valence-electron chi connectivity index (χ3n) is 17.7. The quantitative estimate of drug-likeness (QED) is 0.185. The van der Waals surface area contributed by atoms with Crippen molar-refractivity contribution in [2.75, 3.05) is 13.1 Å². The van der Waals surface area contributed by atoms with Crippen LogP contribution in [0.2, 0.25) is 0 Å². The smallest absolute Gasteiger partial charge is 0.240 e. The van der Waals surface area contributed by atoms with Crippen LogP contribution in [0, 0.1) is 44.8 Å². The van der Waals surface area contributed by atoms with Crippen molar-refractivity contribution < 1.29 is 32.4 Å². The van der Waals surface area contributed by atoms with Gasteiger partial charge in [0.25, 0.3) is 0 Å². The number of rotatable bonds is 15. The third kappa shape index (κ3) is 7.01. The van der Waals surface area contributed by atoms with Crippen LogP contribution < -0.4 is 10.0 Å². The normalized spacial score (nSPS) is 33.4. The van der Waals surface area contributed by atoms with Gasteiger partial charge >= 0.3 is 0 Å². The summed E-state index contributed by atoms with van der Waals surface area (Å²) in [5, 5.41) is 3.26. The Balaban J connectivity index is 1.15. The summed E-state index contributed by atoms with van der Waals surface area (Å²) in [5.74, 6) is -1.98. The number of Topliss-reactive ketones (excluding diaryl/α,β-unsaturated/α-hetero) is 2. The van der Waals surface area contributed by atoms with Crippen LogP contribution >= 0.6 is 0 Å². The van der Waals surface area contributed by atoms with Crippen molar-refractivity contribution in [2.45, 2.75) is 200 Å². The second-order valence-corrected chi connectivity index (χ2v) is 24.5. The van der Waals surface area contributed by atoms with Crippen LogP contribution in [0.4, 0.5) is 0 Å². The van der Waals surface area contributed by atoms with Crippen molar-refractivity contribution in [3.63, 3.8) is 0 Å². The highest BCUT2D eigenvalue weighted by Crippen LogP contribution is 2.88. The fraction of sp³-hybridized carbons (Fsp3) is 0.891. The molecule has 1 unspecified atom stereocenters. The SMILES string of the molecule is CC[C@@H]1C[C@]1(CC(=O)C1C[C@@]2(CN1C(=O)[C@@H](CC(=O)[C@@H](NC(=O)[C@@H]1CCCN1C(C)C)C1CCCCC1)C(C)(C)C)C(C)(C)C21CCC1)C(=O)NS(=O)(=O)C1(C)CC1. The maximum Gasteiger partial charge on any atom is 0.240 e. The van der Waals surface area contributed by atoms with Gasteiger partial charge in [0.05, 0.1) is 28.3 Å². The first-order valence-electron chi connectivity index (χ1n) is 23.0. The molecule has 11 nitrogen and oxygen atoms in total. The number of carbonyl (C=O) groups is 5. The summed E-state index contributed by atoms with van der Waals surface area (Å²) in [6.07, 6.45) is 12.3. The molecule has 0 bridgehead atoms. The molecule has 7 rings (SSSR count). The lowest BCUT2D eigenvalue weighted by atomic mass is 9.73. The molecule has 2 N–H and O–H groups in total. The maximum atomic E-state index is 15.3. The largest absolute Gasteiger partial charge is 0.345 e. The molecule has 0 aromatic heterocycles. The Kier molecular flexibility index (Phi) is 11.3. The van der Waals surface area contributed by atoms with Gasteiger partial charge in [-0.15, -0.1) is 0 Å². The fourth-order valence-electron chi connectivity index (χ4n) is 13.0. The van der Waals surface area contributed by atoms with Gasteiger partial charge in [0.2, 0.25) is 27.7 Å². The number of sulfonamides is 1. The number of likely N-dealkylation sites (tertiary alicyclic amines) is 2. The monoisotopic (exact) mass is 827 g/mol. The van der Waals surface area contributed by atoms with E-state index in [-0.39, 0.29) is 76.4 Å². The highest BCUT2D eigenvalue weighted by Gasteiger charge is 2.85. The number of hydrogen-bond acceptors (Lipinski definition) is 8. The lowest BCUT2D eigenvalue weighted by Crippen LogP contribution is -2.54. The molecule has 2 aliphatic heterocycles. The maximum absolute atomic E-state index is 15.3. The first-order chi connectivity index (χ1) is 27.0. The minimum atomic E-state index is -3.88. The van der Waals surface area contributed by atoms with E-state index in [1.54, 1.807) is 11.8 Å². The van der Waals surface area contributed by atoms with Crippen molar-refractivity contribution in [1.82, 2.24) is 19.8 Å². The molecule has 7 aliphatic rings. The Morgan fingerprint density at radius 2 is 1.48 bits per heavy atom. The predicted octanol–water partition coefficient (Wildman–Crippen LogP) is 6.72. The van der Waals surface area contributed by atoms with E-state index in [2.05, 4.69) is 42.6 Å². The number of amides is 3. The second kappa shape index (κ2) is 14.9. The third-order valence-corrected chi connectivity index (χ3v) is 19.9. The van der Waals surface area contributed by atoms with E-state index in [0.717, 1.165) is 70.8 Å². The van der Waals surface area contributed by atoms with Gasteiger partial charge in [0.1, 0.15) is 0 Å². The summed E-state index contributed by atoms with van der Waals surface area (Å²) in [4.78, 5) is 76.9. The van der Waals surface area contributed by atoms with Crippen LogP contribution in [-0.2, 0) is 34.0 Å². The number of nitrogens with one attached hydrogen (secondary N) is 2. The molecule has 2 saturated heterocycles. The molecule has 7 fully saturated rings. The summed E-state index contributed by atoms with van der Waals surface area (Å²) in [7, 11) is -3.88. The van der Waals surface area contributed by atoms with Crippen LogP contribution in [0.3, 0.4) is 0 Å². The lowest BCUT2D eigenvalue weighted by Gasteiger charge is -2.37. The summed E-state index contributed by atoms with van der Waals surface area (Å²) in [6, 6.07) is -1.48. The summed E-state index contributed by atoms with van der Waals surface area (Å²) in [5.41, 5.74) is -2.00. The van der Waals surface area contributed by atoms with Gasteiger partial charge in [0, 0.05) is 36.8 Å². The molecule has 3 amide bonds. The Morgan fingerprint density at radius 3 is 2.00 bits per heavy atom. The molecular formula is C46H74N4O7S. The Morgan fingerprint density at radius 1 is 0.828 bits per heavy atom. The average Bonchev–Trinajstić information content (AvgIpc) is 4.00. The van der Waals surface area contributed by atoms with Crippen LogP contribution in [0.25, 0.3) is 0 Å². The van der Waals surface area contributed by atoms with E-state index in [9.17, 15) is 27.6 Å². The van der Waals surface area contributed by atoms with Crippen molar-refractivity contribution >= 4 is 39.3 Å². The van der Waals surface area contributed by atoms with Crippen LogP contribution in [0.15, 0.2) is 0 Å². The van der Waals surface area contributed by atoms with Gasteiger partial charge in [-0.05, 0) is 120 Å². The van der Waals surface area contributed by atoms with Crippen molar-refractivity contribution in [2.24, 2.45) is 44.8 Å². The summed E-state index contributed by atoms with van der Waals surface area (Å²) >= 11 is 0. The Bertz CT molecular complexity index is 1790. The van der Waals surface area contributed by atoms with E-state index in [1.807, 2.05) is 27.7 Å². The molecule has 7 atom stereocenters. The first-order valence-corrected chi connectivity index (χ1v) is 24.5. The van der Waals surface area contributed by atoms with Crippen LogP contribution in [0.1, 0.15) is 171 Å². The molecule has 5 saturated carbocycles. The molecule has 0 radical (unpaired) electrons. The number of hydrogen-bond donors (Lipinski definition) is 2. The van der Waals surface area contributed by atoms with Crippen molar-refractivity contribution in [1.29, 1.82) is 0 Å². The van der Waals surface area contributed by atoms with Crippen LogP contribution in [-0.4, -0.2) is 89.5 Å². The zero-order valence-corrected chi connectivity index (χ0v) is 38.0. The molecule has 2 heterocycles. The average molecular weight is 827 g/mol. The van der Waals surface area contributed by atoms with E-state index in [4.69, 9.17) is 0 Å². The molecule has 5 aliphatic carbocycles. The van der Waals surface area contributed by atoms with E-state index < -0.39 is 49.5 Å². The topological polar surface area (TPSA) is 150 Å². The number of fused-ring (bicyclic) bond motifs is 1. The summed E-state index contributed by atoms with van der Waals surface area (Å²) < 4.78 is 27.8. The second-order valence-electron chi connectivity index (χ2n) is 22.3. The molecule has 326 valence electrons. The number of nitrogens with zero attached hydrogens (tertiary/aromatic N) is 2. The molecular weight excluding hydrogens is 753 g/mol. The fourth-order valence-corrected chi connectivity index (χ4v) is 14.3. The zero-order valence-electron chi connectivity index (χ0n) is 37.1. The highest BCUT2D eigenvalue weighted by atomic mass is 32.2. The summed E-state index contributed by atoms with van der Waals surface area (Å²) in [6.45, 7) is 19.6. The van der Waals surface area contributed by atoms with E-state index in [0.29, 0.717) is 38.6 Å². The predicted molar refractivity (Wildman–Crippen MR) is 224 cm³/mol. The van der Waals surface area contributed by atoms with E-state index in [1.165, 1.54) is 0 Å². The molecule has 0 aromatic carbocycles. The van der Waals surface area contributed by atoms with Gasteiger partial charge in [-0.1, -0.05) is 73.6 Å². The molecule has 58 heavy (non-hydrogen) atoms. The van der Waals surface area contributed by atoms with Crippen LogP contribution in [0.5, 0.6) is 0 Å². The minimum Gasteiger partial charge on any atom is -0.345 e. The molecule has 2 spiro atoms. The Hall–Kier alpha value is -2.34. The van der Waals surface area contributed by atoms with Crippen molar-refractivity contribution in [3.8, 4) is 0 Å². The van der Waals surface area contributed by atoms with Gasteiger partial charge < -0.3 is 10.2 Å². The van der Waals surface area contributed by atoms with Gasteiger partial charge in [-0.3, -0.25) is 33.6 Å². The molecule has 0 aromatic rings. The Labute approximate surface area is 348 Å². The van der Waals surface area contributed by atoms with Gasteiger partial charge in [-0.2, -0.15) is 0 Å². The zero-order chi connectivity index (χ0) is 42.4. The number of carbonyl (C=O) groups excluding carboxylic acids is 5. The standard InChI is InChI=1S/C46H74N4O7S/c1-10-31-25-44(31,40(55)48-58(56,57)43(9)21-22-43)27-36(52)34-26-46(42(7,8)45(46)19-15-20-45)28-50(34)39(54)32(41(4,5)6)24-35(51)37(30-16-12-11-13-17-30)47-38(53)33-18-14-23-49(33)29(2)3/h29-34,37H,10-28H2,1-9H3,(H,47,53)(H,48,55)/t31-,32-,33+,34?,37+,44-,46-/m1/s1.